The van der Waals surface area contributed by atoms with Crippen LogP contribution in [0.5, 0.6) is 0 Å². The van der Waals surface area contributed by atoms with Crippen molar-refractivity contribution in [3.05, 3.63) is 0 Å². The second-order valence-electron chi connectivity index (χ2n) is 4.43. The van der Waals surface area contributed by atoms with E-state index in [9.17, 15) is 18.0 Å². The highest BCUT2D eigenvalue weighted by Crippen LogP contribution is 2.27. The van der Waals surface area contributed by atoms with E-state index in [1.165, 1.54) is 5.01 Å². The van der Waals surface area contributed by atoms with Crippen molar-refractivity contribution in [3.8, 4) is 0 Å². The van der Waals surface area contributed by atoms with Crippen LogP contribution in [-0.2, 0) is 4.79 Å². The molecule has 1 atom stereocenters. The molecule has 100 valence electrons. The maximum absolute atomic E-state index is 12.5. The number of nitrogens with zero attached hydrogens (tertiary/aromatic N) is 2. The Balaban J connectivity index is 2.55. The summed E-state index contributed by atoms with van der Waals surface area (Å²) in [6, 6.07) is 0. The lowest BCUT2D eigenvalue weighted by Gasteiger charge is -2.35. The third-order valence-corrected chi connectivity index (χ3v) is 2.82. The number of hydrazine groups is 1. The van der Waals surface area contributed by atoms with Gasteiger partial charge in [0.1, 0.15) is 0 Å². The Morgan fingerprint density at radius 1 is 1.24 bits per heavy atom. The van der Waals surface area contributed by atoms with Crippen molar-refractivity contribution in [3.63, 3.8) is 0 Å². The monoisotopic (exact) mass is 254 g/mol. The van der Waals surface area contributed by atoms with E-state index < -0.39 is 17.6 Å². The molecule has 8 heteroatoms. The highest BCUT2D eigenvalue weighted by molar-refractivity contribution is 5.86. The molecule has 0 saturated carbocycles. The summed E-state index contributed by atoms with van der Waals surface area (Å²) in [5, 5.41) is 1.46. The molecule has 0 aromatic rings. The number of likely N-dealkylation sites (N-methyl/N-ethyl adjacent to an activating group) is 1. The second kappa shape index (κ2) is 4.79. The molecule has 1 unspecified atom stereocenters. The molecule has 0 spiro atoms. The maximum Gasteiger partial charge on any atom is 0.415 e. The summed E-state index contributed by atoms with van der Waals surface area (Å²) in [5.74, 6) is -1.23. The van der Waals surface area contributed by atoms with Crippen molar-refractivity contribution in [1.82, 2.24) is 15.3 Å². The first kappa shape index (κ1) is 14.2. The van der Waals surface area contributed by atoms with Gasteiger partial charge in [-0.3, -0.25) is 10.2 Å². The molecule has 0 bridgehead atoms. The Morgan fingerprint density at radius 3 is 2.12 bits per heavy atom. The van der Waals surface area contributed by atoms with E-state index in [0.717, 1.165) is 0 Å². The standard InChI is InChI=1S/C9H17F3N4O/c1-8(13,9(10,11)12)7(17)14-16-5-3-15(2)4-6-16/h3-6,13H2,1-2H3,(H,14,17). The van der Waals surface area contributed by atoms with Gasteiger partial charge in [-0.2, -0.15) is 13.2 Å². The van der Waals surface area contributed by atoms with Gasteiger partial charge in [-0.05, 0) is 14.0 Å². The highest BCUT2D eigenvalue weighted by atomic mass is 19.4. The normalized spacial score (nSPS) is 23.2. The number of nitrogens with one attached hydrogen (secondary N) is 1. The van der Waals surface area contributed by atoms with Gasteiger partial charge < -0.3 is 10.6 Å². The second-order valence-corrected chi connectivity index (χ2v) is 4.43. The van der Waals surface area contributed by atoms with E-state index in [1.807, 2.05) is 11.9 Å². The topological polar surface area (TPSA) is 61.6 Å². The van der Waals surface area contributed by atoms with E-state index in [1.54, 1.807) is 0 Å². The molecule has 17 heavy (non-hydrogen) atoms. The molecule has 1 aliphatic heterocycles. The molecule has 5 nitrogen and oxygen atoms in total. The van der Waals surface area contributed by atoms with Crippen LogP contribution in [0.1, 0.15) is 6.92 Å². The van der Waals surface area contributed by atoms with Gasteiger partial charge in [0.25, 0.3) is 5.91 Å². The summed E-state index contributed by atoms with van der Waals surface area (Å²) in [6.45, 7) is 3.01. The SMILES string of the molecule is CN1CCN(NC(=O)C(C)(N)C(F)(F)F)CC1. The van der Waals surface area contributed by atoms with Gasteiger partial charge in [-0.1, -0.05) is 0 Å². The zero-order valence-electron chi connectivity index (χ0n) is 9.84. The summed E-state index contributed by atoms with van der Waals surface area (Å²) in [5.41, 5.74) is 4.35. The average Bonchev–Trinajstić information content (AvgIpc) is 2.19. The smallest absolute Gasteiger partial charge is 0.310 e. The Kier molecular flexibility index (Phi) is 4.00. The number of rotatable bonds is 2. The number of halogens is 3. The van der Waals surface area contributed by atoms with Gasteiger partial charge in [0.05, 0.1) is 0 Å². The van der Waals surface area contributed by atoms with Gasteiger partial charge in [0, 0.05) is 26.2 Å². The molecule has 0 aromatic heterocycles. The van der Waals surface area contributed by atoms with Crippen LogP contribution in [-0.4, -0.2) is 60.8 Å². The van der Waals surface area contributed by atoms with E-state index in [-0.39, 0.29) is 0 Å². The molecule has 0 aliphatic carbocycles. The van der Waals surface area contributed by atoms with E-state index in [2.05, 4.69) is 5.43 Å². The van der Waals surface area contributed by atoms with Crippen LogP contribution in [0, 0.1) is 0 Å². The average molecular weight is 254 g/mol. The molecule has 1 amide bonds. The predicted octanol–water partition coefficient (Wildman–Crippen LogP) is -0.455. The number of hydrogen-bond acceptors (Lipinski definition) is 4. The van der Waals surface area contributed by atoms with Gasteiger partial charge >= 0.3 is 6.18 Å². The fourth-order valence-corrected chi connectivity index (χ4v) is 1.31. The first-order chi connectivity index (χ1) is 7.64. The van der Waals surface area contributed by atoms with Crippen LogP contribution in [0.15, 0.2) is 0 Å². The zero-order chi connectivity index (χ0) is 13.3. The Bertz CT molecular complexity index is 284. The van der Waals surface area contributed by atoms with Gasteiger partial charge in [-0.15, -0.1) is 0 Å². The van der Waals surface area contributed by atoms with E-state index in [0.29, 0.717) is 33.1 Å². The number of nitrogens with two attached hydrogens (primary N) is 1. The van der Waals surface area contributed by atoms with Crippen LogP contribution in [0.3, 0.4) is 0 Å². The molecule has 1 heterocycles. The summed E-state index contributed by atoms with van der Waals surface area (Å²) < 4.78 is 37.5. The molecule has 1 aliphatic rings. The molecular weight excluding hydrogens is 237 g/mol. The van der Waals surface area contributed by atoms with Gasteiger partial charge in [0.2, 0.25) is 0 Å². The predicted molar refractivity (Wildman–Crippen MR) is 55.9 cm³/mol. The number of amides is 1. The first-order valence-corrected chi connectivity index (χ1v) is 5.25. The summed E-state index contributed by atoms with van der Waals surface area (Å²) in [4.78, 5) is 13.5. The number of alkyl halides is 3. The van der Waals surface area contributed by atoms with Crippen LogP contribution in [0.4, 0.5) is 13.2 Å². The van der Waals surface area contributed by atoms with Crippen molar-refractivity contribution in [1.29, 1.82) is 0 Å². The molecule has 1 saturated heterocycles. The van der Waals surface area contributed by atoms with Crippen molar-refractivity contribution in [2.45, 2.75) is 18.6 Å². The fraction of sp³-hybridized carbons (Fsp3) is 0.889. The summed E-state index contributed by atoms with van der Waals surface area (Å²) in [6.07, 6.45) is -4.76. The largest absolute Gasteiger partial charge is 0.415 e. The fourth-order valence-electron chi connectivity index (χ4n) is 1.31. The van der Waals surface area contributed by atoms with Crippen molar-refractivity contribution < 1.29 is 18.0 Å². The van der Waals surface area contributed by atoms with Crippen molar-refractivity contribution in [2.24, 2.45) is 5.73 Å². The van der Waals surface area contributed by atoms with Crippen LogP contribution in [0.2, 0.25) is 0 Å². The summed E-state index contributed by atoms with van der Waals surface area (Å²) in [7, 11) is 1.90. The Labute approximate surface area is 97.7 Å². The van der Waals surface area contributed by atoms with E-state index >= 15 is 0 Å². The highest BCUT2D eigenvalue weighted by Gasteiger charge is 2.54. The number of carbonyl (C=O) groups excluding carboxylic acids is 1. The van der Waals surface area contributed by atoms with Crippen LogP contribution in [0.25, 0.3) is 0 Å². The molecule has 1 fully saturated rings. The van der Waals surface area contributed by atoms with Gasteiger partial charge in [0.15, 0.2) is 5.54 Å². The molecule has 0 aromatic carbocycles. The zero-order valence-corrected chi connectivity index (χ0v) is 9.84. The molecular formula is C9H17F3N4O. The lowest BCUT2D eigenvalue weighted by atomic mass is 10.0. The quantitative estimate of drug-likeness (QED) is 0.700. The molecule has 3 N–H and O–H groups in total. The summed E-state index contributed by atoms with van der Waals surface area (Å²) >= 11 is 0. The minimum atomic E-state index is -4.76. The maximum atomic E-state index is 12.5. The van der Waals surface area contributed by atoms with Crippen molar-refractivity contribution in [2.75, 3.05) is 33.2 Å². The third-order valence-electron chi connectivity index (χ3n) is 2.82. The van der Waals surface area contributed by atoms with E-state index in [4.69, 9.17) is 5.73 Å². The van der Waals surface area contributed by atoms with Crippen LogP contribution < -0.4 is 11.2 Å². The lowest BCUT2D eigenvalue weighted by Crippen LogP contribution is -2.65. The minimum absolute atomic E-state index is 0.482. The minimum Gasteiger partial charge on any atom is -0.310 e. The van der Waals surface area contributed by atoms with Crippen LogP contribution >= 0.6 is 0 Å². The number of carbonyl (C=O) groups is 1. The number of hydrogen-bond donors (Lipinski definition) is 2. The Hall–Kier alpha value is -0.860. The first-order valence-electron chi connectivity index (χ1n) is 5.25. The molecule has 1 rings (SSSR count). The lowest BCUT2D eigenvalue weighted by molar-refractivity contribution is -0.190. The third kappa shape index (κ3) is 3.30. The van der Waals surface area contributed by atoms with Crippen molar-refractivity contribution >= 4 is 5.91 Å². The van der Waals surface area contributed by atoms with Gasteiger partial charge in [-0.25, -0.2) is 5.01 Å². The Morgan fingerprint density at radius 2 is 1.71 bits per heavy atom. The number of piperazine rings is 1. The molecule has 0 radical (unpaired) electrons.